The summed E-state index contributed by atoms with van der Waals surface area (Å²) in [5, 5.41) is 0. The number of benzene rings is 1. The van der Waals surface area contributed by atoms with Crippen LogP contribution in [0, 0.1) is 47.3 Å². The van der Waals surface area contributed by atoms with Gasteiger partial charge in [-0.25, -0.2) is 4.79 Å². The molecule has 4 amide bonds. The minimum absolute atomic E-state index is 0.0622. The predicted molar refractivity (Wildman–Crippen MR) is 151 cm³/mol. The van der Waals surface area contributed by atoms with Crippen LogP contribution in [0.5, 0.6) is 0 Å². The Hall–Kier alpha value is -2.88. The second kappa shape index (κ2) is 10.7. The van der Waals surface area contributed by atoms with Gasteiger partial charge < -0.3 is 4.74 Å². The molecular formula is C32H35BrN2O7. The minimum Gasteiger partial charge on any atom is -0.456 e. The van der Waals surface area contributed by atoms with Crippen LogP contribution in [0.15, 0.2) is 28.7 Å². The molecule has 7 rings (SSSR count). The van der Waals surface area contributed by atoms with Gasteiger partial charge in [0.05, 0.1) is 23.7 Å². The molecule has 2 saturated heterocycles. The Labute approximate surface area is 252 Å². The molecule has 0 N–H and O–H groups in total. The number of ether oxygens (including phenoxy) is 1. The normalized spacial score (nSPS) is 34.9. The number of carbonyl (C=O) groups excluding carboxylic acids is 6. The molecular weight excluding hydrogens is 604 g/mol. The molecule has 0 unspecified atom stereocenters. The van der Waals surface area contributed by atoms with Crippen LogP contribution in [0.1, 0.15) is 68.1 Å². The average molecular weight is 640 g/mol. The summed E-state index contributed by atoms with van der Waals surface area (Å²) in [4.78, 5) is 81.9. The second-order valence-corrected chi connectivity index (χ2v) is 14.1. The van der Waals surface area contributed by atoms with E-state index in [1.54, 1.807) is 24.3 Å². The lowest BCUT2D eigenvalue weighted by atomic mass is 9.81. The van der Waals surface area contributed by atoms with Crippen LogP contribution in [-0.4, -0.2) is 64.4 Å². The molecule has 0 radical (unpaired) electrons. The van der Waals surface area contributed by atoms with E-state index in [1.165, 1.54) is 4.90 Å². The fourth-order valence-electron chi connectivity index (χ4n) is 9.34. The van der Waals surface area contributed by atoms with E-state index in [-0.39, 0.29) is 77.9 Å². The quantitative estimate of drug-likeness (QED) is 0.166. The lowest BCUT2D eigenvalue weighted by Crippen LogP contribution is -2.47. The summed E-state index contributed by atoms with van der Waals surface area (Å²) >= 11 is 3.33. The predicted octanol–water partition coefficient (Wildman–Crippen LogP) is 3.78. The molecule has 0 spiro atoms. The molecule has 2 aliphatic heterocycles. The zero-order chi connectivity index (χ0) is 29.3. The van der Waals surface area contributed by atoms with Crippen LogP contribution < -0.4 is 0 Å². The van der Waals surface area contributed by atoms with Gasteiger partial charge in [-0.3, -0.25) is 33.8 Å². The highest BCUT2D eigenvalue weighted by Crippen LogP contribution is 2.57. The van der Waals surface area contributed by atoms with Crippen molar-refractivity contribution < 1.29 is 33.5 Å². The van der Waals surface area contributed by atoms with Crippen molar-refractivity contribution in [1.29, 1.82) is 0 Å². The molecule has 4 aliphatic carbocycles. The number of amides is 4. The summed E-state index contributed by atoms with van der Waals surface area (Å²) in [6.07, 6.45) is 6.80. The molecule has 42 heavy (non-hydrogen) atoms. The largest absolute Gasteiger partial charge is 0.456 e. The number of Topliss-reactive ketones (excluding diaryl/α,β-unsaturated/α-hetero) is 1. The van der Waals surface area contributed by atoms with Gasteiger partial charge in [0.2, 0.25) is 23.6 Å². The smallest absolute Gasteiger partial charge is 0.329 e. The number of esters is 1. The first kappa shape index (κ1) is 27.9. The SMILES string of the molecule is O=C(COC(=O)[C@H](CCCCN1C(=O)[C@H]2[C@@H]3CC[C@H](C3)[C@@H]2C1=O)N1C(=O)[C@@H]2[C@@H]3CC[C@H](C3)[C@@H]2C1=O)c1ccc(Br)cc1. The number of rotatable bonds is 10. The van der Waals surface area contributed by atoms with Gasteiger partial charge in [0, 0.05) is 16.6 Å². The number of unbranched alkanes of at least 4 members (excludes halogenated alkanes) is 1. The lowest BCUT2D eigenvalue weighted by molar-refractivity contribution is -0.159. The zero-order valence-electron chi connectivity index (χ0n) is 23.4. The second-order valence-electron chi connectivity index (χ2n) is 13.2. The molecule has 9 atom stereocenters. The van der Waals surface area contributed by atoms with Crippen LogP contribution in [0.3, 0.4) is 0 Å². The van der Waals surface area contributed by atoms with Crippen molar-refractivity contribution in [2.75, 3.05) is 13.2 Å². The minimum atomic E-state index is -1.13. The number of imide groups is 2. The first-order valence-corrected chi connectivity index (χ1v) is 16.2. The molecule has 222 valence electrons. The summed E-state index contributed by atoms with van der Waals surface area (Å²) in [7, 11) is 0. The summed E-state index contributed by atoms with van der Waals surface area (Å²) in [6, 6.07) is 5.57. The molecule has 6 aliphatic rings. The number of hydrogen-bond acceptors (Lipinski definition) is 7. The van der Waals surface area contributed by atoms with E-state index in [4.69, 9.17) is 4.74 Å². The number of ketones is 1. The Morgan fingerprint density at radius 1 is 0.762 bits per heavy atom. The highest BCUT2D eigenvalue weighted by atomic mass is 79.9. The van der Waals surface area contributed by atoms with Crippen molar-refractivity contribution in [3.05, 3.63) is 34.3 Å². The van der Waals surface area contributed by atoms with Gasteiger partial charge in [0.25, 0.3) is 0 Å². The Kier molecular flexibility index (Phi) is 7.10. The Bertz CT molecular complexity index is 1300. The Balaban J connectivity index is 1.02. The molecule has 1 aromatic rings. The summed E-state index contributed by atoms with van der Waals surface area (Å²) in [6.45, 7) is -0.224. The Morgan fingerprint density at radius 2 is 1.26 bits per heavy atom. The molecule has 6 fully saturated rings. The van der Waals surface area contributed by atoms with Crippen molar-refractivity contribution in [3.63, 3.8) is 0 Å². The number of halogens is 1. The number of fused-ring (bicyclic) bond motifs is 10. The molecule has 0 aromatic heterocycles. The third kappa shape index (κ3) is 4.38. The number of likely N-dealkylation sites (tertiary alicyclic amines) is 2. The molecule has 2 heterocycles. The highest BCUT2D eigenvalue weighted by Gasteiger charge is 2.63. The van der Waals surface area contributed by atoms with Gasteiger partial charge >= 0.3 is 5.97 Å². The number of hydrogen-bond donors (Lipinski definition) is 0. The topological polar surface area (TPSA) is 118 Å². The monoisotopic (exact) mass is 638 g/mol. The van der Waals surface area contributed by atoms with Crippen LogP contribution in [-0.2, 0) is 28.7 Å². The van der Waals surface area contributed by atoms with Crippen LogP contribution in [0.25, 0.3) is 0 Å². The standard InChI is InChI=1S/C32H35BrN2O7/c33-21-10-8-16(9-11-21)23(36)15-42-32(41)22(35-30(39)26-19-6-7-20(14-19)27(26)31(35)40)3-1-2-12-34-28(37)24-17-4-5-18(13-17)25(24)29(34)38/h8-11,17-20,22,24-27H,1-7,12-15H2/t17-,18-,19-,20-,22+,24+,25+,26-,27+/m1/s1. The number of nitrogens with zero attached hydrogens (tertiary/aromatic N) is 2. The van der Waals surface area contributed by atoms with Crippen molar-refractivity contribution >= 4 is 51.3 Å². The zero-order valence-corrected chi connectivity index (χ0v) is 25.0. The maximum Gasteiger partial charge on any atom is 0.329 e. The fourth-order valence-corrected chi connectivity index (χ4v) is 9.61. The summed E-state index contributed by atoms with van der Waals surface area (Å²) in [5.41, 5.74) is 0.389. The third-order valence-corrected chi connectivity index (χ3v) is 11.7. The van der Waals surface area contributed by atoms with Gasteiger partial charge in [-0.1, -0.05) is 28.1 Å². The Morgan fingerprint density at radius 3 is 1.79 bits per heavy atom. The molecule has 10 heteroatoms. The van der Waals surface area contributed by atoms with Gasteiger partial charge in [-0.2, -0.15) is 0 Å². The number of carbonyl (C=O) groups is 6. The van der Waals surface area contributed by atoms with E-state index >= 15 is 0 Å². The molecule has 4 bridgehead atoms. The summed E-state index contributed by atoms with van der Waals surface area (Å²) in [5.74, 6) is -1.95. The van der Waals surface area contributed by atoms with Crippen molar-refractivity contribution in [2.24, 2.45) is 47.3 Å². The van der Waals surface area contributed by atoms with Crippen LogP contribution in [0.2, 0.25) is 0 Å². The van der Waals surface area contributed by atoms with Gasteiger partial charge in [0.15, 0.2) is 12.4 Å². The van der Waals surface area contributed by atoms with Crippen molar-refractivity contribution in [2.45, 2.75) is 63.8 Å². The van der Waals surface area contributed by atoms with E-state index in [2.05, 4.69) is 15.9 Å². The fraction of sp³-hybridized carbons (Fsp3) is 0.625. The summed E-state index contributed by atoms with van der Waals surface area (Å²) < 4.78 is 6.25. The molecule has 1 aromatic carbocycles. The maximum absolute atomic E-state index is 13.6. The van der Waals surface area contributed by atoms with Gasteiger partial charge in [-0.15, -0.1) is 0 Å². The first-order chi connectivity index (χ1) is 20.2. The highest BCUT2D eigenvalue weighted by molar-refractivity contribution is 9.10. The van der Waals surface area contributed by atoms with E-state index in [1.807, 2.05) is 0 Å². The maximum atomic E-state index is 13.6. The van der Waals surface area contributed by atoms with Gasteiger partial charge in [0.1, 0.15) is 6.04 Å². The van der Waals surface area contributed by atoms with Crippen LogP contribution in [0.4, 0.5) is 0 Å². The molecule has 4 saturated carbocycles. The van der Waals surface area contributed by atoms with E-state index in [0.29, 0.717) is 30.2 Å². The van der Waals surface area contributed by atoms with Crippen molar-refractivity contribution in [3.8, 4) is 0 Å². The van der Waals surface area contributed by atoms with Crippen molar-refractivity contribution in [1.82, 2.24) is 9.80 Å². The van der Waals surface area contributed by atoms with E-state index in [9.17, 15) is 28.8 Å². The lowest BCUT2D eigenvalue weighted by Gasteiger charge is -2.26. The molecule has 9 nitrogen and oxygen atoms in total. The average Bonchev–Trinajstić information content (AvgIpc) is 3.83. The van der Waals surface area contributed by atoms with Gasteiger partial charge in [-0.05, 0) is 93.6 Å². The van der Waals surface area contributed by atoms with E-state index in [0.717, 1.165) is 47.9 Å². The van der Waals surface area contributed by atoms with Crippen LogP contribution >= 0.6 is 15.9 Å². The third-order valence-electron chi connectivity index (χ3n) is 11.2. The first-order valence-electron chi connectivity index (χ1n) is 15.4. The van der Waals surface area contributed by atoms with E-state index < -0.39 is 18.6 Å².